The van der Waals surface area contributed by atoms with Gasteiger partial charge in [-0.3, -0.25) is 9.59 Å². The number of unbranched alkanes of at least 4 members (excludes halogenated alkanes) is 2. The molecule has 1 aromatic rings. The number of hydrogen-bond donors (Lipinski definition) is 2. The first kappa shape index (κ1) is 18.4. The van der Waals surface area contributed by atoms with Crippen molar-refractivity contribution in [2.24, 2.45) is 0 Å². The molecule has 0 bridgehead atoms. The molecule has 0 saturated carbocycles. The van der Waals surface area contributed by atoms with Crippen LogP contribution in [0.3, 0.4) is 0 Å². The van der Waals surface area contributed by atoms with Gasteiger partial charge in [-0.2, -0.15) is 0 Å². The fourth-order valence-electron chi connectivity index (χ4n) is 2.49. The lowest BCUT2D eigenvalue weighted by molar-refractivity contribution is -0.140. The minimum atomic E-state index is -3.57. The van der Waals surface area contributed by atoms with Gasteiger partial charge in [-0.15, -0.1) is 0 Å². The monoisotopic (exact) mass is 354 g/mol. The summed E-state index contributed by atoms with van der Waals surface area (Å²) in [6, 6.07) is 4.72. The van der Waals surface area contributed by atoms with E-state index in [0.29, 0.717) is 44.3 Å². The fourth-order valence-corrected chi connectivity index (χ4v) is 3.61. The Hall–Kier alpha value is -1.93. The summed E-state index contributed by atoms with van der Waals surface area (Å²) in [5, 5.41) is 2.73. The Labute approximate surface area is 141 Å². The molecule has 24 heavy (non-hydrogen) atoms. The Kier molecular flexibility index (Phi) is 6.33. The molecule has 0 aliphatic carbocycles. The molecule has 8 heteroatoms. The maximum absolute atomic E-state index is 12.3. The lowest BCUT2D eigenvalue weighted by Crippen LogP contribution is -2.25. The molecular formula is C16H22N2O5S. The lowest BCUT2D eigenvalue weighted by atomic mass is 10.0. The second-order valence-electron chi connectivity index (χ2n) is 5.65. The SMILES string of the molecule is COC(=O)CCCCCNS(=O)(=O)c1ccc2c(c1)CCC(=O)N2. The molecule has 1 heterocycles. The quantitative estimate of drug-likeness (QED) is 0.545. The van der Waals surface area contributed by atoms with Crippen LogP contribution in [0.25, 0.3) is 0 Å². The molecule has 0 atom stereocenters. The van der Waals surface area contributed by atoms with Gasteiger partial charge in [0.25, 0.3) is 0 Å². The lowest BCUT2D eigenvalue weighted by Gasteiger charge is -2.17. The van der Waals surface area contributed by atoms with E-state index in [-0.39, 0.29) is 16.8 Å². The predicted molar refractivity (Wildman–Crippen MR) is 89.1 cm³/mol. The van der Waals surface area contributed by atoms with Gasteiger partial charge in [0.15, 0.2) is 0 Å². The number of nitrogens with one attached hydrogen (secondary N) is 2. The van der Waals surface area contributed by atoms with E-state index in [0.717, 1.165) is 12.0 Å². The number of carbonyl (C=O) groups excluding carboxylic acids is 2. The van der Waals surface area contributed by atoms with Crippen molar-refractivity contribution >= 4 is 27.6 Å². The van der Waals surface area contributed by atoms with Crippen molar-refractivity contribution in [2.45, 2.75) is 43.4 Å². The zero-order valence-electron chi connectivity index (χ0n) is 13.6. The van der Waals surface area contributed by atoms with Crippen LogP contribution in [0.1, 0.15) is 37.7 Å². The van der Waals surface area contributed by atoms with Crippen molar-refractivity contribution in [3.8, 4) is 0 Å². The van der Waals surface area contributed by atoms with Crippen molar-refractivity contribution in [3.63, 3.8) is 0 Å². The minimum absolute atomic E-state index is 0.0526. The normalized spacial score (nSPS) is 14.0. The van der Waals surface area contributed by atoms with Crippen LogP contribution in [0.4, 0.5) is 5.69 Å². The molecule has 0 unspecified atom stereocenters. The second kappa shape index (κ2) is 8.25. The Morgan fingerprint density at radius 3 is 2.79 bits per heavy atom. The number of ether oxygens (including phenoxy) is 1. The molecule has 0 aromatic heterocycles. The topological polar surface area (TPSA) is 102 Å². The van der Waals surface area contributed by atoms with Gasteiger partial charge in [0.2, 0.25) is 15.9 Å². The third kappa shape index (κ3) is 5.04. The summed E-state index contributed by atoms with van der Waals surface area (Å²) in [7, 11) is -2.22. The molecule has 1 aromatic carbocycles. The van der Waals surface area contributed by atoms with E-state index < -0.39 is 10.0 Å². The van der Waals surface area contributed by atoms with Crippen LogP contribution in [-0.4, -0.2) is 33.9 Å². The summed E-state index contributed by atoms with van der Waals surface area (Å²) in [6.45, 7) is 0.317. The number of rotatable bonds is 8. The Morgan fingerprint density at radius 1 is 1.25 bits per heavy atom. The summed E-state index contributed by atoms with van der Waals surface area (Å²) < 4.78 is 31.7. The van der Waals surface area contributed by atoms with Gasteiger partial charge in [-0.25, -0.2) is 13.1 Å². The number of fused-ring (bicyclic) bond motifs is 1. The van der Waals surface area contributed by atoms with Gasteiger partial charge in [0.1, 0.15) is 0 Å². The van der Waals surface area contributed by atoms with Crippen LogP contribution >= 0.6 is 0 Å². The third-order valence-electron chi connectivity index (χ3n) is 3.86. The van der Waals surface area contributed by atoms with Crippen LogP contribution in [0.2, 0.25) is 0 Å². The molecule has 0 radical (unpaired) electrons. The van der Waals surface area contributed by atoms with Crippen molar-refractivity contribution < 1.29 is 22.7 Å². The Morgan fingerprint density at radius 2 is 2.04 bits per heavy atom. The fraction of sp³-hybridized carbons (Fsp3) is 0.500. The van der Waals surface area contributed by atoms with E-state index in [1.165, 1.54) is 13.2 Å². The molecule has 1 aliphatic rings. The summed E-state index contributed by atoms with van der Waals surface area (Å²) in [6.07, 6.45) is 3.32. The molecular weight excluding hydrogens is 332 g/mol. The number of benzene rings is 1. The van der Waals surface area contributed by atoms with Crippen LogP contribution in [0, 0.1) is 0 Å². The number of esters is 1. The smallest absolute Gasteiger partial charge is 0.305 e. The number of amides is 1. The third-order valence-corrected chi connectivity index (χ3v) is 5.32. The molecule has 132 valence electrons. The number of methoxy groups -OCH3 is 1. The minimum Gasteiger partial charge on any atom is -0.469 e. The number of hydrogen-bond acceptors (Lipinski definition) is 5. The molecule has 2 rings (SSSR count). The second-order valence-corrected chi connectivity index (χ2v) is 7.42. The average molecular weight is 354 g/mol. The van der Waals surface area contributed by atoms with Crippen molar-refractivity contribution in [3.05, 3.63) is 23.8 Å². The van der Waals surface area contributed by atoms with E-state index in [1.54, 1.807) is 12.1 Å². The predicted octanol–water partition coefficient (Wildman–Crippen LogP) is 1.58. The summed E-state index contributed by atoms with van der Waals surface area (Å²) in [4.78, 5) is 22.5. The van der Waals surface area contributed by atoms with E-state index in [4.69, 9.17) is 0 Å². The molecule has 1 amide bonds. The van der Waals surface area contributed by atoms with Gasteiger partial charge in [0.05, 0.1) is 12.0 Å². The molecule has 0 fully saturated rings. The standard InChI is InChI=1S/C16H22N2O5S/c1-23-16(20)5-3-2-4-10-17-24(21,22)13-7-8-14-12(11-13)6-9-15(19)18-14/h7-8,11,17H,2-6,9-10H2,1H3,(H,18,19). The number of carbonyl (C=O) groups is 2. The molecule has 7 nitrogen and oxygen atoms in total. The summed E-state index contributed by atoms with van der Waals surface area (Å²) in [5.74, 6) is -0.306. The molecule has 0 saturated heterocycles. The van der Waals surface area contributed by atoms with Crippen molar-refractivity contribution in [2.75, 3.05) is 19.0 Å². The highest BCUT2D eigenvalue weighted by atomic mass is 32.2. The zero-order chi connectivity index (χ0) is 17.6. The first-order chi connectivity index (χ1) is 11.4. The van der Waals surface area contributed by atoms with Gasteiger partial charge < -0.3 is 10.1 Å². The highest BCUT2D eigenvalue weighted by Gasteiger charge is 2.19. The van der Waals surface area contributed by atoms with Crippen molar-refractivity contribution in [1.82, 2.24) is 4.72 Å². The van der Waals surface area contributed by atoms with Crippen LogP contribution in [-0.2, 0) is 30.8 Å². The largest absolute Gasteiger partial charge is 0.469 e. The van der Waals surface area contributed by atoms with Crippen LogP contribution in [0.5, 0.6) is 0 Å². The van der Waals surface area contributed by atoms with Crippen molar-refractivity contribution in [1.29, 1.82) is 0 Å². The van der Waals surface area contributed by atoms with Gasteiger partial charge in [-0.1, -0.05) is 6.42 Å². The highest BCUT2D eigenvalue weighted by Crippen LogP contribution is 2.25. The molecule has 0 spiro atoms. The Bertz CT molecular complexity index is 715. The Balaban J connectivity index is 1.85. The van der Waals surface area contributed by atoms with Gasteiger partial charge in [0, 0.05) is 25.1 Å². The molecule has 1 aliphatic heterocycles. The number of sulfonamides is 1. The first-order valence-corrected chi connectivity index (χ1v) is 9.40. The van der Waals surface area contributed by atoms with E-state index in [2.05, 4.69) is 14.8 Å². The maximum Gasteiger partial charge on any atom is 0.305 e. The van der Waals surface area contributed by atoms with Crippen LogP contribution in [0.15, 0.2) is 23.1 Å². The van der Waals surface area contributed by atoms with Gasteiger partial charge >= 0.3 is 5.97 Å². The number of aryl methyl sites for hydroxylation is 1. The van der Waals surface area contributed by atoms with E-state index in [9.17, 15) is 18.0 Å². The summed E-state index contributed by atoms with van der Waals surface area (Å²) >= 11 is 0. The maximum atomic E-state index is 12.3. The highest BCUT2D eigenvalue weighted by molar-refractivity contribution is 7.89. The first-order valence-electron chi connectivity index (χ1n) is 7.91. The average Bonchev–Trinajstić information content (AvgIpc) is 2.57. The van der Waals surface area contributed by atoms with E-state index in [1.807, 2.05) is 0 Å². The number of anilines is 1. The van der Waals surface area contributed by atoms with Gasteiger partial charge in [-0.05, 0) is 43.0 Å². The molecule has 2 N–H and O–H groups in total. The summed E-state index contributed by atoms with van der Waals surface area (Å²) in [5.41, 5.74) is 1.50. The van der Waals surface area contributed by atoms with Crippen LogP contribution < -0.4 is 10.0 Å². The van der Waals surface area contributed by atoms with E-state index >= 15 is 0 Å². The zero-order valence-corrected chi connectivity index (χ0v) is 14.4.